The summed E-state index contributed by atoms with van der Waals surface area (Å²) in [5.74, 6) is 1.42. The minimum Gasteiger partial charge on any atom is -0.399 e. The van der Waals surface area contributed by atoms with Crippen LogP contribution >= 0.6 is 0 Å². The van der Waals surface area contributed by atoms with Crippen LogP contribution in [0.1, 0.15) is 76.6 Å². The van der Waals surface area contributed by atoms with Crippen LogP contribution in [0.25, 0.3) is 0 Å². The molecule has 1 fully saturated rings. The predicted octanol–water partition coefficient (Wildman–Crippen LogP) is 7.60. The van der Waals surface area contributed by atoms with Crippen molar-refractivity contribution in [3.63, 3.8) is 0 Å². The van der Waals surface area contributed by atoms with Gasteiger partial charge in [0.25, 0.3) is 0 Å². The lowest BCUT2D eigenvalue weighted by molar-refractivity contribution is 0.192. The number of hydrogen-bond donors (Lipinski definition) is 2. The highest BCUT2D eigenvalue weighted by Crippen LogP contribution is 2.42. The van der Waals surface area contributed by atoms with E-state index in [2.05, 4.69) is 86.1 Å². The third kappa shape index (κ3) is 8.35. The third-order valence-corrected chi connectivity index (χ3v) is 7.89. The summed E-state index contributed by atoms with van der Waals surface area (Å²) in [5.41, 5.74) is 12.7. The fraction of sp³-hybridized carbons (Fsp3) is 0.559. The van der Waals surface area contributed by atoms with E-state index in [1.807, 2.05) is 40.7 Å². The number of dihydropyridines is 1. The van der Waals surface area contributed by atoms with Gasteiger partial charge in [-0.05, 0) is 87.3 Å². The van der Waals surface area contributed by atoms with Crippen LogP contribution in [0.4, 0.5) is 0 Å². The van der Waals surface area contributed by atoms with Crippen LogP contribution in [-0.2, 0) is 0 Å². The molecule has 0 aromatic carbocycles. The molecule has 5 nitrogen and oxygen atoms in total. The molecule has 2 heterocycles. The first kappa shape index (κ1) is 34.2. The van der Waals surface area contributed by atoms with Gasteiger partial charge in [0, 0.05) is 49.5 Å². The molecule has 4 rings (SSSR count). The van der Waals surface area contributed by atoms with Crippen molar-refractivity contribution in [1.29, 1.82) is 0 Å². The van der Waals surface area contributed by atoms with Gasteiger partial charge < -0.3 is 20.9 Å². The van der Waals surface area contributed by atoms with Crippen molar-refractivity contribution in [2.75, 3.05) is 33.7 Å². The van der Waals surface area contributed by atoms with Gasteiger partial charge in [-0.3, -0.25) is 4.99 Å². The Balaban J connectivity index is 0.00000243. The van der Waals surface area contributed by atoms with E-state index in [0.717, 1.165) is 54.6 Å². The van der Waals surface area contributed by atoms with E-state index in [4.69, 9.17) is 10.7 Å². The molecule has 0 bridgehead atoms. The summed E-state index contributed by atoms with van der Waals surface area (Å²) < 4.78 is 0. The Morgan fingerprint density at radius 3 is 2.46 bits per heavy atom. The van der Waals surface area contributed by atoms with E-state index in [0.29, 0.717) is 12.0 Å². The normalized spacial score (nSPS) is 24.9. The monoisotopic (exact) mass is 537 g/mol. The molecule has 2 unspecified atom stereocenters. The number of allylic oxidation sites excluding steroid dienone is 8. The maximum atomic E-state index is 6.19. The number of likely N-dealkylation sites (tertiary alicyclic amines) is 1. The van der Waals surface area contributed by atoms with Gasteiger partial charge in [-0.25, -0.2) is 0 Å². The Hall–Kier alpha value is -2.79. The fourth-order valence-electron chi connectivity index (χ4n) is 5.21. The molecule has 2 aliphatic heterocycles. The van der Waals surface area contributed by atoms with Crippen molar-refractivity contribution in [3.8, 4) is 0 Å². The number of hydrogen-bond acceptors (Lipinski definition) is 5. The smallest absolute Gasteiger partial charge is 0.123 e. The van der Waals surface area contributed by atoms with Gasteiger partial charge in [0.05, 0.1) is 0 Å². The number of nitrogens with zero attached hydrogens (tertiary/aromatic N) is 3. The number of aliphatic imine (C=N–C) groups is 1. The van der Waals surface area contributed by atoms with Crippen molar-refractivity contribution < 1.29 is 1.43 Å². The third-order valence-electron chi connectivity index (χ3n) is 7.89. The Labute approximate surface area is 242 Å². The zero-order valence-corrected chi connectivity index (χ0v) is 25.6. The maximum absolute atomic E-state index is 6.19. The van der Waals surface area contributed by atoms with E-state index in [-0.39, 0.29) is 14.3 Å². The van der Waals surface area contributed by atoms with E-state index >= 15 is 0 Å². The predicted molar refractivity (Wildman–Crippen MR) is 176 cm³/mol. The second-order valence-corrected chi connectivity index (χ2v) is 10.5. The SMILES string of the molecule is C.C=C(NC1=CC2=CC(/C(N)=C/C)=CCC2(C)C=C1)C1=CC(N(C)C2CCN(C)CC2)=NCC1C.CC.CC.[HH]. The number of likely N-dealkylation sites (N-methyl/N-ethyl adjacent to an activating group) is 1. The van der Waals surface area contributed by atoms with Crippen LogP contribution in [0.15, 0.2) is 87.9 Å². The molecule has 39 heavy (non-hydrogen) atoms. The molecule has 1 saturated heterocycles. The lowest BCUT2D eigenvalue weighted by Crippen LogP contribution is -2.44. The molecule has 0 amide bonds. The largest absolute Gasteiger partial charge is 0.399 e. The minimum atomic E-state index is 0. The number of rotatable bonds is 5. The van der Waals surface area contributed by atoms with Gasteiger partial charge in [-0.15, -0.1) is 0 Å². The molecular weight excluding hydrogens is 478 g/mol. The van der Waals surface area contributed by atoms with E-state index in [1.165, 1.54) is 24.0 Å². The quantitative estimate of drug-likeness (QED) is 0.379. The molecule has 0 radical (unpaired) electrons. The number of piperidine rings is 1. The second kappa shape index (κ2) is 15.7. The molecule has 2 aliphatic carbocycles. The number of nitrogens with one attached hydrogen (secondary N) is 1. The van der Waals surface area contributed by atoms with Crippen LogP contribution in [0.2, 0.25) is 0 Å². The molecule has 220 valence electrons. The van der Waals surface area contributed by atoms with Gasteiger partial charge in [-0.2, -0.15) is 0 Å². The standard InChI is InChI=1S/C29H41N5.2C2H6.CH4.H2/c1-7-27(30)22-8-12-29(4)13-9-24(17-23(29)16-22)32-21(3)26-18-28(31-19-20(26)2)34(6)25-10-14-33(5)15-11-25;2*1-2;;/h7-9,13,16-18,20,25,32H,3,10-12,14-15,19,30H2,1-2,4-6H3;2*1-2H3;1H4;1H/b27-7-;;;;. The van der Waals surface area contributed by atoms with Crippen molar-refractivity contribution in [3.05, 3.63) is 82.9 Å². The van der Waals surface area contributed by atoms with Gasteiger partial charge in [0.15, 0.2) is 0 Å². The van der Waals surface area contributed by atoms with Gasteiger partial charge in [0.2, 0.25) is 0 Å². The Morgan fingerprint density at radius 1 is 1.21 bits per heavy atom. The van der Waals surface area contributed by atoms with Crippen molar-refractivity contribution in [2.24, 2.45) is 22.1 Å². The summed E-state index contributed by atoms with van der Waals surface area (Å²) in [7, 11) is 4.40. The molecular formula is C34H59N5. The molecule has 5 heteroatoms. The van der Waals surface area contributed by atoms with Crippen LogP contribution < -0.4 is 11.1 Å². The lowest BCUT2D eigenvalue weighted by atomic mass is 9.72. The van der Waals surface area contributed by atoms with Crippen LogP contribution in [0, 0.1) is 11.3 Å². The molecule has 0 saturated carbocycles. The summed E-state index contributed by atoms with van der Waals surface area (Å²) in [6, 6.07) is 0.550. The van der Waals surface area contributed by atoms with Gasteiger partial charge in [-0.1, -0.05) is 73.8 Å². The number of nitrogens with two attached hydrogens (primary N) is 1. The topological polar surface area (TPSA) is 56.9 Å². The molecule has 2 atom stereocenters. The van der Waals surface area contributed by atoms with Crippen LogP contribution in [0.5, 0.6) is 0 Å². The highest BCUT2D eigenvalue weighted by atomic mass is 15.2. The average molecular weight is 538 g/mol. The summed E-state index contributed by atoms with van der Waals surface area (Å²) in [6.07, 6.45) is 18.7. The van der Waals surface area contributed by atoms with E-state index in [9.17, 15) is 0 Å². The summed E-state index contributed by atoms with van der Waals surface area (Å²) in [4.78, 5) is 9.69. The fourth-order valence-corrected chi connectivity index (χ4v) is 5.21. The maximum Gasteiger partial charge on any atom is 0.123 e. The summed E-state index contributed by atoms with van der Waals surface area (Å²) >= 11 is 0. The van der Waals surface area contributed by atoms with Crippen molar-refractivity contribution in [1.82, 2.24) is 15.1 Å². The molecule has 3 N–H and O–H groups in total. The Morgan fingerprint density at radius 2 is 1.85 bits per heavy atom. The first-order valence-electron chi connectivity index (χ1n) is 14.6. The summed E-state index contributed by atoms with van der Waals surface area (Å²) in [6.45, 7) is 22.0. The van der Waals surface area contributed by atoms with Crippen LogP contribution in [0.3, 0.4) is 0 Å². The zero-order valence-electron chi connectivity index (χ0n) is 25.6. The van der Waals surface area contributed by atoms with E-state index in [1.54, 1.807) is 0 Å². The van der Waals surface area contributed by atoms with Gasteiger partial charge in [0.1, 0.15) is 5.84 Å². The molecule has 0 aromatic heterocycles. The first-order valence-corrected chi connectivity index (χ1v) is 14.6. The first-order chi connectivity index (χ1) is 18.2. The molecule has 0 spiro atoms. The number of amidine groups is 1. The number of fused-ring (bicyclic) bond motifs is 1. The highest BCUT2D eigenvalue weighted by Gasteiger charge is 2.30. The average Bonchev–Trinajstić information content (AvgIpc) is 2.95. The minimum absolute atomic E-state index is 0. The zero-order chi connectivity index (χ0) is 28.5. The Kier molecular flexibility index (Phi) is 13.8. The van der Waals surface area contributed by atoms with Crippen LogP contribution in [-0.4, -0.2) is 55.4 Å². The summed E-state index contributed by atoms with van der Waals surface area (Å²) in [5, 5.41) is 3.60. The van der Waals surface area contributed by atoms with Gasteiger partial charge >= 0.3 is 0 Å². The van der Waals surface area contributed by atoms with Crippen molar-refractivity contribution >= 4 is 5.84 Å². The Bertz CT molecular complexity index is 1050. The molecule has 0 aromatic rings. The van der Waals surface area contributed by atoms with E-state index < -0.39 is 0 Å². The second-order valence-electron chi connectivity index (χ2n) is 10.5. The van der Waals surface area contributed by atoms with Crippen molar-refractivity contribution in [2.45, 2.75) is 81.2 Å². The highest BCUT2D eigenvalue weighted by molar-refractivity contribution is 5.95. The molecule has 4 aliphatic rings. The lowest BCUT2D eigenvalue weighted by Gasteiger charge is -2.37.